The van der Waals surface area contributed by atoms with Gasteiger partial charge in [0.15, 0.2) is 11.5 Å². The number of carbonyl (C=O) groups is 1. The van der Waals surface area contributed by atoms with Crippen molar-refractivity contribution in [2.45, 2.75) is 63.5 Å². The van der Waals surface area contributed by atoms with Gasteiger partial charge in [-0.15, -0.1) is 12.4 Å². The fraction of sp³-hybridized carbons (Fsp3) is 0.407. The zero-order valence-corrected chi connectivity index (χ0v) is 20.7. The van der Waals surface area contributed by atoms with Crippen molar-refractivity contribution in [3.8, 4) is 11.3 Å². The minimum atomic E-state index is -0.404. The van der Waals surface area contributed by atoms with Gasteiger partial charge in [0.05, 0.1) is 23.8 Å². The summed E-state index contributed by atoms with van der Waals surface area (Å²) in [5.41, 5.74) is 9.49. The van der Waals surface area contributed by atoms with Gasteiger partial charge in [0.1, 0.15) is 0 Å². The van der Waals surface area contributed by atoms with E-state index >= 15 is 0 Å². The van der Waals surface area contributed by atoms with Crippen LogP contribution in [0.15, 0.2) is 55.0 Å². The molecule has 0 atom stereocenters. The summed E-state index contributed by atoms with van der Waals surface area (Å²) in [7, 11) is 0. The number of nitrogens with one attached hydrogen (secondary N) is 1. The summed E-state index contributed by atoms with van der Waals surface area (Å²) in [5, 5.41) is 2.76. The zero-order chi connectivity index (χ0) is 23.3. The summed E-state index contributed by atoms with van der Waals surface area (Å²) in [5.74, 6) is -0.303. The number of nitrogen functional groups attached to an aromatic ring is 1. The molecule has 2 aliphatic rings. The van der Waals surface area contributed by atoms with Crippen LogP contribution in [-0.4, -0.2) is 44.4 Å². The first-order chi connectivity index (χ1) is 16.7. The molecule has 2 aliphatic carbocycles. The van der Waals surface area contributed by atoms with Crippen LogP contribution in [0.3, 0.4) is 0 Å². The number of aryl methyl sites for hydroxylation is 1. The quantitative estimate of drug-likeness (QED) is 0.429. The molecule has 0 aliphatic heterocycles. The van der Waals surface area contributed by atoms with Crippen LogP contribution in [0.5, 0.6) is 0 Å². The summed E-state index contributed by atoms with van der Waals surface area (Å²) in [4.78, 5) is 28.2. The van der Waals surface area contributed by atoms with Crippen LogP contribution in [0.4, 0.5) is 11.5 Å². The van der Waals surface area contributed by atoms with Crippen molar-refractivity contribution in [3.05, 3.63) is 66.2 Å². The lowest BCUT2D eigenvalue weighted by Crippen LogP contribution is -2.49. The topological polar surface area (TPSA) is 97.0 Å². The molecule has 0 bridgehead atoms. The van der Waals surface area contributed by atoms with E-state index in [-0.39, 0.29) is 23.9 Å². The molecule has 3 aromatic rings. The van der Waals surface area contributed by atoms with Crippen molar-refractivity contribution in [1.82, 2.24) is 19.9 Å². The van der Waals surface area contributed by atoms with Gasteiger partial charge in [0.2, 0.25) is 0 Å². The van der Waals surface area contributed by atoms with Gasteiger partial charge in [-0.3, -0.25) is 14.7 Å². The smallest absolute Gasteiger partial charge is 0.278 e. The highest BCUT2D eigenvalue weighted by Crippen LogP contribution is 2.33. The number of aromatic nitrogens is 3. The number of hydrogen-bond acceptors (Lipinski definition) is 6. The Morgan fingerprint density at radius 2 is 1.74 bits per heavy atom. The predicted molar refractivity (Wildman–Crippen MR) is 142 cm³/mol. The van der Waals surface area contributed by atoms with E-state index in [9.17, 15) is 4.79 Å². The summed E-state index contributed by atoms with van der Waals surface area (Å²) >= 11 is 0. The third kappa shape index (κ3) is 5.97. The zero-order valence-electron chi connectivity index (χ0n) is 19.9. The average molecular weight is 493 g/mol. The molecule has 0 radical (unpaired) electrons. The number of nitrogens with two attached hydrogens (primary N) is 1. The van der Waals surface area contributed by atoms with E-state index in [1.165, 1.54) is 57.1 Å². The molecule has 3 N–H and O–H groups in total. The number of benzene rings is 1. The second-order valence-corrected chi connectivity index (χ2v) is 9.39. The van der Waals surface area contributed by atoms with Gasteiger partial charge in [-0.1, -0.05) is 37.1 Å². The Morgan fingerprint density at radius 1 is 1.03 bits per heavy atom. The molecule has 8 heteroatoms. The Bertz CT molecular complexity index is 1100. The highest BCUT2D eigenvalue weighted by Gasteiger charge is 2.32. The number of carbonyl (C=O) groups excluding carboxylic acids is 1. The number of nitrogens with zero attached hydrogens (tertiary/aromatic N) is 4. The average Bonchev–Trinajstić information content (AvgIpc) is 2.78. The highest BCUT2D eigenvalue weighted by molar-refractivity contribution is 6.05. The second-order valence-electron chi connectivity index (χ2n) is 9.39. The van der Waals surface area contributed by atoms with Crippen molar-refractivity contribution >= 4 is 29.8 Å². The van der Waals surface area contributed by atoms with Gasteiger partial charge in [0.25, 0.3) is 5.91 Å². The minimum Gasteiger partial charge on any atom is -0.382 e. The Labute approximate surface area is 213 Å². The van der Waals surface area contributed by atoms with E-state index in [1.807, 2.05) is 12.1 Å². The van der Waals surface area contributed by atoms with Gasteiger partial charge < -0.3 is 11.1 Å². The van der Waals surface area contributed by atoms with Gasteiger partial charge in [-0.05, 0) is 62.8 Å². The van der Waals surface area contributed by atoms with Crippen molar-refractivity contribution in [2.75, 3.05) is 17.6 Å². The van der Waals surface area contributed by atoms with Crippen LogP contribution in [-0.2, 0) is 6.42 Å². The number of hydrogen-bond donors (Lipinski definition) is 2. The third-order valence-electron chi connectivity index (χ3n) is 7.15. The largest absolute Gasteiger partial charge is 0.382 e. The highest BCUT2D eigenvalue weighted by atomic mass is 35.5. The third-order valence-corrected chi connectivity index (χ3v) is 7.15. The number of amides is 1. The fourth-order valence-corrected chi connectivity index (χ4v) is 4.74. The molecule has 184 valence electrons. The van der Waals surface area contributed by atoms with Crippen molar-refractivity contribution in [2.24, 2.45) is 0 Å². The van der Waals surface area contributed by atoms with Crippen molar-refractivity contribution in [3.63, 3.8) is 0 Å². The molecule has 2 heterocycles. The molecule has 1 amide bonds. The Morgan fingerprint density at radius 3 is 2.34 bits per heavy atom. The molecular weight excluding hydrogens is 460 g/mol. The molecule has 5 rings (SSSR count). The van der Waals surface area contributed by atoms with E-state index in [0.29, 0.717) is 11.4 Å². The maximum absolute atomic E-state index is 12.7. The Hall–Kier alpha value is -3.03. The van der Waals surface area contributed by atoms with Crippen LogP contribution >= 0.6 is 12.4 Å². The Balaban J connectivity index is 0.00000289. The van der Waals surface area contributed by atoms with Crippen molar-refractivity contribution in [1.29, 1.82) is 0 Å². The number of rotatable bonds is 9. The van der Waals surface area contributed by atoms with Gasteiger partial charge in [-0.25, -0.2) is 9.97 Å². The summed E-state index contributed by atoms with van der Waals surface area (Å²) in [6, 6.07) is 13.6. The van der Waals surface area contributed by atoms with E-state index in [1.54, 1.807) is 30.7 Å². The summed E-state index contributed by atoms with van der Waals surface area (Å²) < 4.78 is 0. The first-order valence-corrected chi connectivity index (χ1v) is 12.4. The molecule has 35 heavy (non-hydrogen) atoms. The fourth-order valence-electron chi connectivity index (χ4n) is 4.74. The lowest BCUT2D eigenvalue weighted by molar-refractivity contribution is 0.0397. The molecule has 2 saturated carbocycles. The molecular formula is C27H33ClN6O. The number of anilines is 2. The van der Waals surface area contributed by atoms with Crippen molar-refractivity contribution < 1.29 is 4.79 Å². The minimum absolute atomic E-state index is 0. The van der Waals surface area contributed by atoms with E-state index < -0.39 is 5.91 Å². The molecule has 2 aromatic heterocycles. The number of halogens is 1. The predicted octanol–water partition coefficient (Wildman–Crippen LogP) is 5.13. The Kier molecular flexibility index (Phi) is 8.31. The summed E-state index contributed by atoms with van der Waals surface area (Å²) in [6.07, 6.45) is 15.4. The lowest BCUT2D eigenvalue weighted by Gasteiger charge is -2.46. The first kappa shape index (κ1) is 25.1. The van der Waals surface area contributed by atoms with Crippen LogP contribution in [0.2, 0.25) is 0 Å². The molecule has 0 unspecified atom stereocenters. The van der Waals surface area contributed by atoms with Gasteiger partial charge in [-0.2, -0.15) is 0 Å². The van der Waals surface area contributed by atoms with Gasteiger partial charge >= 0.3 is 0 Å². The van der Waals surface area contributed by atoms with Crippen LogP contribution < -0.4 is 11.1 Å². The molecule has 0 saturated heterocycles. The summed E-state index contributed by atoms with van der Waals surface area (Å²) in [6.45, 7) is 1.20. The first-order valence-electron chi connectivity index (χ1n) is 12.4. The number of pyridine rings is 1. The maximum atomic E-state index is 12.7. The van der Waals surface area contributed by atoms with Crippen LogP contribution in [0, 0.1) is 0 Å². The lowest BCUT2D eigenvalue weighted by atomic mass is 9.84. The maximum Gasteiger partial charge on any atom is 0.278 e. The standard InChI is InChI=1S/C27H32N6O.ClH/c28-26-25(27(34)31-21-6-3-15-29-17-21)32-24(18-30-26)20-13-11-19(12-14-20)5-4-16-33(22-7-1-8-22)23-9-2-10-23;/h3,6,11-15,17-18,22-23H,1-2,4-5,7-10,16H2,(H2,28,30)(H,31,34);1H. The van der Waals surface area contributed by atoms with Crippen LogP contribution in [0.25, 0.3) is 11.3 Å². The second kappa shape index (κ2) is 11.6. The molecule has 7 nitrogen and oxygen atoms in total. The normalized spacial score (nSPS) is 15.7. The van der Waals surface area contributed by atoms with Gasteiger partial charge in [0, 0.05) is 23.8 Å². The molecule has 1 aromatic carbocycles. The van der Waals surface area contributed by atoms with Crippen LogP contribution in [0.1, 0.15) is 61.0 Å². The SMILES string of the molecule is Cl.Nc1ncc(-c2ccc(CCCN(C3CCC3)C3CCC3)cc2)nc1C(=O)Nc1cccnc1. The van der Waals surface area contributed by atoms with E-state index in [4.69, 9.17) is 5.73 Å². The monoisotopic (exact) mass is 492 g/mol. The van der Waals surface area contributed by atoms with E-state index in [2.05, 4.69) is 37.3 Å². The molecule has 0 spiro atoms. The molecule has 2 fully saturated rings. The van der Waals surface area contributed by atoms with E-state index in [0.717, 1.165) is 24.1 Å².